The van der Waals surface area contributed by atoms with Gasteiger partial charge in [0.2, 0.25) is 0 Å². The number of para-hydroxylation sites is 1. The Bertz CT molecular complexity index is 1080. The maximum Gasteiger partial charge on any atom is 0.263 e. The molecular formula is C21H18ClN3O3S. The second-order valence-corrected chi connectivity index (χ2v) is 7.28. The number of carbonyl (C=O) groups excluding carboxylic acids is 2. The number of nitrogens with zero attached hydrogens (tertiary/aromatic N) is 1. The fourth-order valence-corrected chi connectivity index (χ4v) is 3.91. The largest absolute Gasteiger partial charge is 0.489 e. The summed E-state index contributed by atoms with van der Waals surface area (Å²) in [4.78, 5) is 24.7. The average Bonchev–Trinajstić information content (AvgIpc) is 3.08. The van der Waals surface area contributed by atoms with Crippen molar-refractivity contribution in [3.8, 4) is 5.75 Å². The first-order chi connectivity index (χ1) is 14.1. The van der Waals surface area contributed by atoms with Crippen molar-refractivity contribution in [2.45, 2.75) is 0 Å². The Labute approximate surface area is 176 Å². The molecule has 0 fully saturated rings. The van der Waals surface area contributed by atoms with Crippen LogP contribution in [0.3, 0.4) is 0 Å². The Morgan fingerprint density at radius 2 is 1.93 bits per heavy atom. The zero-order valence-corrected chi connectivity index (χ0v) is 16.9. The van der Waals surface area contributed by atoms with E-state index in [4.69, 9.17) is 16.3 Å². The molecule has 0 bridgehead atoms. The second kappa shape index (κ2) is 9.86. The van der Waals surface area contributed by atoms with Crippen LogP contribution in [-0.2, 0) is 4.79 Å². The molecule has 0 saturated heterocycles. The van der Waals surface area contributed by atoms with Gasteiger partial charge in [0, 0.05) is 15.6 Å². The molecule has 0 atom stereocenters. The molecule has 29 heavy (non-hydrogen) atoms. The van der Waals surface area contributed by atoms with Gasteiger partial charge in [-0.05, 0) is 18.2 Å². The van der Waals surface area contributed by atoms with Crippen molar-refractivity contribution in [1.82, 2.24) is 10.7 Å². The summed E-state index contributed by atoms with van der Waals surface area (Å²) in [6, 6.07) is 14.7. The van der Waals surface area contributed by atoms with E-state index in [-0.39, 0.29) is 6.54 Å². The zero-order chi connectivity index (χ0) is 20.6. The van der Waals surface area contributed by atoms with Crippen LogP contribution in [0.15, 0.2) is 66.3 Å². The molecular weight excluding hydrogens is 410 g/mol. The van der Waals surface area contributed by atoms with E-state index in [1.54, 1.807) is 18.2 Å². The van der Waals surface area contributed by atoms with E-state index in [9.17, 15) is 9.59 Å². The standard InChI is InChI=1S/C21H18ClN3O3S/c1-2-11-28-16-9-5-3-7-14(16)12-24-25-18(26)13-23-21(27)20-19(22)15-8-4-6-10-17(15)29-20/h2-10,12H,1,11,13H2,(H,23,27)(H,25,26). The van der Waals surface area contributed by atoms with Crippen molar-refractivity contribution in [3.05, 3.63) is 76.6 Å². The van der Waals surface area contributed by atoms with Gasteiger partial charge in [0.05, 0.1) is 17.8 Å². The minimum atomic E-state index is -0.462. The highest BCUT2D eigenvalue weighted by Gasteiger charge is 2.17. The summed E-state index contributed by atoms with van der Waals surface area (Å²) in [6.07, 6.45) is 3.11. The fourth-order valence-electron chi connectivity index (χ4n) is 2.48. The first kappa shape index (κ1) is 20.6. The number of fused-ring (bicyclic) bond motifs is 1. The molecule has 0 saturated carbocycles. The number of thiophene rings is 1. The lowest BCUT2D eigenvalue weighted by molar-refractivity contribution is -0.120. The highest BCUT2D eigenvalue weighted by Crippen LogP contribution is 2.34. The molecule has 0 aliphatic carbocycles. The summed E-state index contributed by atoms with van der Waals surface area (Å²) in [5.41, 5.74) is 3.08. The Morgan fingerprint density at radius 3 is 2.72 bits per heavy atom. The van der Waals surface area contributed by atoms with Gasteiger partial charge in [-0.3, -0.25) is 9.59 Å². The lowest BCUT2D eigenvalue weighted by Gasteiger charge is -2.06. The van der Waals surface area contributed by atoms with Crippen molar-refractivity contribution in [2.24, 2.45) is 5.10 Å². The zero-order valence-electron chi connectivity index (χ0n) is 15.4. The van der Waals surface area contributed by atoms with Gasteiger partial charge in [0.15, 0.2) is 0 Å². The van der Waals surface area contributed by atoms with Gasteiger partial charge in [0.1, 0.15) is 17.2 Å². The number of halogens is 1. The van der Waals surface area contributed by atoms with E-state index >= 15 is 0 Å². The number of hydrogen-bond acceptors (Lipinski definition) is 5. The minimum Gasteiger partial charge on any atom is -0.489 e. The van der Waals surface area contributed by atoms with Crippen LogP contribution in [0, 0.1) is 0 Å². The average molecular weight is 428 g/mol. The third kappa shape index (κ3) is 5.22. The van der Waals surface area contributed by atoms with Crippen molar-refractivity contribution in [3.63, 3.8) is 0 Å². The smallest absolute Gasteiger partial charge is 0.263 e. The number of hydrazone groups is 1. The van der Waals surface area contributed by atoms with Gasteiger partial charge in [-0.1, -0.05) is 54.6 Å². The molecule has 0 unspecified atom stereocenters. The number of nitrogens with one attached hydrogen (secondary N) is 2. The highest BCUT2D eigenvalue weighted by molar-refractivity contribution is 7.21. The van der Waals surface area contributed by atoms with Gasteiger partial charge >= 0.3 is 0 Å². The maximum atomic E-state index is 12.4. The molecule has 3 aromatic rings. The third-order valence-electron chi connectivity index (χ3n) is 3.82. The molecule has 2 N–H and O–H groups in total. The molecule has 1 heterocycles. The van der Waals surface area contributed by atoms with Crippen LogP contribution in [-0.4, -0.2) is 31.2 Å². The molecule has 2 aromatic carbocycles. The van der Waals surface area contributed by atoms with Crippen LogP contribution in [0.4, 0.5) is 0 Å². The normalized spacial score (nSPS) is 10.8. The minimum absolute atomic E-state index is 0.227. The molecule has 0 aliphatic rings. The molecule has 0 aliphatic heterocycles. The molecule has 8 heteroatoms. The summed E-state index contributed by atoms with van der Waals surface area (Å²) in [7, 11) is 0. The highest BCUT2D eigenvalue weighted by atomic mass is 35.5. The first-order valence-electron chi connectivity index (χ1n) is 8.70. The van der Waals surface area contributed by atoms with E-state index in [2.05, 4.69) is 22.4 Å². The third-order valence-corrected chi connectivity index (χ3v) is 5.49. The Morgan fingerprint density at radius 1 is 1.17 bits per heavy atom. The van der Waals surface area contributed by atoms with Crippen molar-refractivity contribution >= 4 is 51.1 Å². The quantitative estimate of drug-likeness (QED) is 0.324. The number of carbonyl (C=O) groups is 2. The maximum absolute atomic E-state index is 12.4. The molecule has 2 amide bonds. The summed E-state index contributed by atoms with van der Waals surface area (Å²) < 4.78 is 6.43. The molecule has 0 radical (unpaired) electrons. The van der Waals surface area contributed by atoms with Crippen LogP contribution in [0.25, 0.3) is 10.1 Å². The monoisotopic (exact) mass is 427 g/mol. The predicted molar refractivity (Wildman–Crippen MR) is 117 cm³/mol. The van der Waals surface area contributed by atoms with Crippen molar-refractivity contribution < 1.29 is 14.3 Å². The Kier molecular flexibility index (Phi) is 6.99. The number of amides is 2. The summed E-state index contributed by atoms with van der Waals surface area (Å²) in [6.45, 7) is 3.75. The van der Waals surface area contributed by atoms with Gasteiger partial charge in [-0.15, -0.1) is 11.3 Å². The number of ether oxygens (including phenoxy) is 1. The van der Waals surface area contributed by atoms with Gasteiger partial charge in [-0.25, -0.2) is 5.43 Å². The van der Waals surface area contributed by atoms with Crippen LogP contribution in [0.1, 0.15) is 15.2 Å². The van der Waals surface area contributed by atoms with Crippen molar-refractivity contribution in [1.29, 1.82) is 0 Å². The Hall–Kier alpha value is -3.16. The topological polar surface area (TPSA) is 79.8 Å². The summed E-state index contributed by atoms with van der Waals surface area (Å²) in [5, 5.41) is 7.66. The van der Waals surface area contributed by atoms with Crippen molar-refractivity contribution in [2.75, 3.05) is 13.2 Å². The Balaban J connectivity index is 1.55. The number of rotatable bonds is 8. The lowest BCUT2D eigenvalue weighted by Crippen LogP contribution is -2.34. The molecule has 148 valence electrons. The van der Waals surface area contributed by atoms with E-state index in [1.165, 1.54) is 17.6 Å². The van der Waals surface area contributed by atoms with Gasteiger partial charge < -0.3 is 10.1 Å². The SMILES string of the molecule is C=CCOc1ccccc1C=NNC(=O)CNC(=O)c1sc2ccccc2c1Cl. The molecule has 6 nitrogen and oxygen atoms in total. The molecule has 3 rings (SSSR count). The van der Waals surface area contributed by atoms with Crippen LogP contribution in [0.5, 0.6) is 5.75 Å². The van der Waals surface area contributed by atoms with Gasteiger partial charge in [0.25, 0.3) is 11.8 Å². The second-order valence-electron chi connectivity index (χ2n) is 5.85. The first-order valence-corrected chi connectivity index (χ1v) is 9.89. The summed E-state index contributed by atoms with van der Waals surface area (Å²) in [5.74, 6) is -0.243. The number of hydrogen-bond donors (Lipinski definition) is 2. The summed E-state index contributed by atoms with van der Waals surface area (Å²) >= 11 is 7.56. The lowest BCUT2D eigenvalue weighted by atomic mass is 10.2. The van der Waals surface area contributed by atoms with E-state index in [0.29, 0.717) is 27.8 Å². The van der Waals surface area contributed by atoms with E-state index < -0.39 is 11.8 Å². The fraction of sp³-hybridized carbons (Fsp3) is 0.0952. The number of benzene rings is 2. The molecule has 0 spiro atoms. The van der Waals surface area contributed by atoms with Crippen LogP contribution >= 0.6 is 22.9 Å². The van der Waals surface area contributed by atoms with Crippen LogP contribution < -0.4 is 15.5 Å². The van der Waals surface area contributed by atoms with E-state index in [1.807, 2.05) is 36.4 Å². The predicted octanol–water partition coefficient (Wildman–Crippen LogP) is 4.00. The molecule has 1 aromatic heterocycles. The van der Waals surface area contributed by atoms with Gasteiger partial charge in [-0.2, -0.15) is 5.10 Å². The van der Waals surface area contributed by atoms with Crippen LogP contribution in [0.2, 0.25) is 5.02 Å². The van der Waals surface area contributed by atoms with E-state index in [0.717, 1.165) is 10.1 Å².